The van der Waals surface area contributed by atoms with E-state index in [1.54, 1.807) is 13.8 Å². The van der Waals surface area contributed by atoms with E-state index in [-0.39, 0.29) is 30.1 Å². The number of esters is 2. The van der Waals surface area contributed by atoms with Gasteiger partial charge in [-0.15, -0.1) is 0 Å². The molecule has 0 N–H and O–H groups in total. The summed E-state index contributed by atoms with van der Waals surface area (Å²) in [5.41, 5.74) is -0.818. The second kappa shape index (κ2) is 3.82. The summed E-state index contributed by atoms with van der Waals surface area (Å²) in [6, 6.07) is 0. The molecule has 0 aromatic rings. The zero-order chi connectivity index (χ0) is 12.9. The van der Waals surface area contributed by atoms with Crippen LogP contribution < -0.4 is 0 Å². The summed E-state index contributed by atoms with van der Waals surface area (Å²) in [6.07, 6.45) is 3.30. The lowest BCUT2D eigenvalue weighted by molar-refractivity contribution is -0.159. The number of hydrogen-bond donors (Lipinski definition) is 0. The lowest BCUT2D eigenvalue weighted by Crippen LogP contribution is -2.33. The molecule has 3 aliphatic rings. The molecule has 3 rings (SSSR count). The second-order valence-corrected chi connectivity index (χ2v) is 4.82. The smallest absolute Gasteiger partial charge is 0.316 e. The van der Waals surface area contributed by atoms with Crippen LogP contribution in [-0.2, 0) is 23.8 Å². The van der Waals surface area contributed by atoms with Crippen LogP contribution in [0.5, 0.6) is 0 Å². The molecule has 2 aliphatic heterocycles. The number of rotatable bonds is 4. The number of ether oxygens (including phenoxy) is 3. The van der Waals surface area contributed by atoms with Gasteiger partial charge in [-0.1, -0.05) is 12.2 Å². The summed E-state index contributed by atoms with van der Waals surface area (Å²) in [5, 5.41) is 0. The Morgan fingerprint density at radius 1 is 1.22 bits per heavy atom. The fourth-order valence-corrected chi connectivity index (χ4v) is 3.42. The van der Waals surface area contributed by atoms with E-state index in [1.807, 2.05) is 12.2 Å². The van der Waals surface area contributed by atoms with Crippen LogP contribution in [0.1, 0.15) is 13.8 Å². The molecule has 1 saturated carbocycles. The van der Waals surface area contributed by atoms with Gasteiger partial charge in [0.05, 0.1) is 31.3 Å². The maximum absolute atomic E-state index is 12.2. The van der Waals surface area contributed by atoms with Crippen molar-refractivity contribution >= 4 is 11.9 Å². The average Bonchev–Trinajstić information content (AvgIpc) is 2.70. The molecule has 1 aliphatic carbocycles. The molecule has 5 unspecified atom stereocenters. The largest absolute Gasteiger partial charge is 0.466 e. The molecular formula is C13H16O5. The minimum atomic E-state index is -0.818. The topological polar surface area (TPSA) is 61.8 Å². The third-order valence-corrected chi connectivity index (χ3v) is 4.09. The maximum atomic E-state index is 12.2. The SMILES string of the molecule is CCOC(=O)C1C2C3C=CC(O3)C12C(=O)OCC. The van der Waals surface area contributed by atoms with E-state index >= 15 is 0 Å². The summed E-state index contributed by atoms with van der Waals surface area (Å²) >= 11 is 0. The van der Waals surface area contributed by atoms with Gasteiger partial charge in [0.15, 0.2) is 0 Å². The van der Waals surface area contributed by atoms with Crippen molar-refractivity contribution in [1.82, 2.24) is 0 Å². The van der Waals surface area contributed by atoms with Gasteiger partial charge >= 0.3 is 11.9 Å². The fraction of sp³-hybridized carbons (Fsp3) is 0.692. The molecule has 0 amide bonds. The minimum absolute atomic E-state index is 0.106. The molecule has 5 atom stereocenters. The quantitative estimate of drug-likeness (QED) is 0.544. The normalized spacial score (nSPS) is 42.6. The summed E-state index contributed by atoms with van der Waals surface area (Å²) in [7, 11) is 0. The summed E-state index contributed by atoms with van der Waals surface area (Å²) in [4.78, 5) is 24.1. The first-order chi connectivity index (χ1) is 8.67. The Kier molecular flexibility index (Phi) is 2.48. The molecule has 2 bridgehead atoms. The highest BCUT2D eigenvalue weighted by atomic mass is 16.6. The van der Waals surface area contributed by atoms with Gasteiger partial charge in [0.1, 0.15) is 5.41 Å². The predicted molar refractivity (Wildman–Crippen MR) is 60.5 cm³/mol. The van der Waals surface area contributed by atoms with Gasteiger partial charge in [0.25, 0.3) is 0 Å². The van der Waals surface area contributed by atoms with Crippen LogP contribution in [-0.4, -0.2) is 37.4 Å². The van der Waals surface area contributed by atoms with Gasteiger partial charge in [-0.2, -0.15) is 0 Å². The zero-order valence-electron chi connectivity index (χ0n) is 10.4. The first-order valence-electron chi connectivity index (χ1n) is 6.35. The van der Waals surface area contributed by atoms with Gasteiger partial charge in [-0.3, -0.25) is 9.59 Å². The molecule has 5 heteroatoms. The summed E-state index contributed by atoms with van der Waals surface area (Å²) < 4.78 is 15.8. The average molecular weight is 252 g/mol. The van der Waals surface area contributed by atoms with E-state index in [2.05, 4.69) is 0 Å². The number of carbonyl (C=O) groups is 2. The first-order valence-corrected chi connectivity index (χ1v) is 6.35. The van der Waals surface area contributed by atoms with Gasteiger partial charge in [0.2, 0.25) is 0 Å². The van der Waals surface area contributed by atoms with E-state index in [0.29, 0.717) is 13.2 Å². The molecule has 98 valence electrons. The molecular weight excluding hydrogens is 236 g/mol. The monoisotopic (exact) mass is 252 g/mol. The molecule has 2 heterocycles. The van der Waals surface area contributed by atoms with Crippen molar-refractivity contribution in [1.29, 1.82) is 0 Å². The third kappa shape index (κ3) is 1.20. The summed E-state index contributed by atoms with van der Waals surface area (Å²) in [5.74, 6) is -1.15. The van der Waals surface area contributed by atoms with Gasteiger partial charge in [-0.05, 0) is 13.8 Å². The van der Waals surface area contributed by atoms with Crippen molar-refractivity contribution < 1.29 is 23.8 Å². The minimum Gasteiger partial charge on any atom is -0.466 e. The molecule has 0 aromatic heterocycles. The van der Waals surface area contributed by atoms with Crippen molar-refractivity contribution in [3.63, 3.8) is 0 Å². The number of hydrogen-bond acceptors (Lipinski definition) is 5. The standard InChI is InChI=1S/C13H16O5/c1-3-16-11(14)10-9-7-5-6-8(18-7)13(9,10)12(15)17-4-2/h5-10H,3-4H2,1-2H3. The van der Waals surface area contributed by atoms with E-state index in [4.69, 9.17) is 14.2 Å². The van der Waals surface area contributed by atoms with Gasteiger partial charge in [-0.25, -0.2) is 0 Å². The Balaban J connectivity index is 1.87. The summed E-state index contributed by atoms with van der Waals surface area (Å²) in [6.45, 7) is 4.15. The highest BCUT2D eigenvalue weighted by Crippen LogP contribution is 2.71. The molecule has 0 spiro atoms. The van der Waals surface area contributed by atoms with Crippen LogP contribution in [0.25, 0.3) is 0 Å². The molecule has 2 fully saturated rings. The molecule has 18 heavy (non-hydrogen) atoms. The predicted octanol–water partition coefficient (Wildman–Crippen LogP) is 0.682. The van der Waals surface area contributed by atoms with Crippen LogP contribution in [0.2, 0.25) is 0 Å². The molecule has 5 nitrogen and oxygen atoms in total. The van der Waals surface area contributed by atoms with E-state index in [0.717, 1.165) is 0 Å². The molecule has 0 aromatic carbocycles. The van der Waals surface area contributed by atoms with E-state index in [9.17, 15) is 9.59 Å². The first kappa shape index (κ1) is 11.7. The number of carbonyl (C=O) groups excluding carboxylic acids is 2. The van der Waals surface area contributed by atoms with E-state index in [1.165, 1.54) is 0 Å². The molecule has 1 saturated heterocycles. The Bertz CT molecular complexity index is 429. The van der Waals surface area contributed by atoms with Crippen LogP contribution in [0.15, 0.2) is 12.2 Å². The number of fused-ring (bicyclic) bond motifs is 5. The highest BCUT2D eigenvalue weighted by molar-refractivity contribution is 5.94. The van der Waals surface area contributed by atoms with Crippen molar-refractivity contribution in [3.8, 4) is 0 Å². The van der Waals surface area contributed by atoms with Crippen LogP contribution in [0.3, 0.4) is 0 Å². The van der Waals surface area contributed by atoms with Crippen LogP contribution in [0, 0.1) is 17.3 Å². The zero-order valence-corrected chi connectivity index (χ0v) is 10.4. The van der Waals surface area contributed by atoms with E-state index < -0.39 is 11.3 Å². The third-order valence-electron chi connectivity index (χ3n) is 4.09. The lowest BCUT2D eigenvalue weighted by atomic mass is 9.92. The van der Waals surface area contributed by atoms with Gasteiger partial charge < -0.3 is 14.2 Å². The lowest BCUT2D eigenvalue weighted by Gasteiger charge is -2.18. The van der Waals surface area contributed by atoms with Crippen molar-refractivity contribution in [2.75, 3.05) is 13.2 Å². The van der Waals surface area contributed by atoms with Crippen LogP contribution >= 0.6 is 0 Å². The maximum Gasteiger partial charge on any atom is 0.316 e. The van der Waals surface area contributed by atoms with Crippen LogP contribution in [0.4, 0.5) is 0 Å². The van der Waals surface area contributed by atoms with Crippen molar-refractivity contribution in [3.05, 3.63) is 12.2 Å². The van der Waals surface area contributed by atoms with Gasteiger partial charge in [0, 0.05) is 5.92 Å². The van der Waals surface area contributed by atoms with Crippen molar-refractivity contribution in [2.45, 2.75) is 26.1 Å². The second-order valence-electron chi connectivity index (χ2n) is 4.82. The Morgan fingerprint density at radius 3 is 2.61 bits per heavy atom. The fourth-order valence-electron chi connectivity index (χ4n) is 3.42. The highest BCUT2D eigenvalue weighted by Gasteiger charge is 2.84. The Labute approximate surface area is 105 Å². The molecule has 0 radical (unpaired) electrons. The Morgan fingerprint density at radius 2 is 1.94 bits per heavy atom. The van der Waals surface area contributed by atoms with Crippen molar-refractivity contribution in [2.24, 2.45) is 17.3 Å². The Hall–Kier alpha value is -1.36.